The van der Waals surface area contributed by atoms with E-state index < -0.39 is 43.1 Å². The normalized spacial score (nSPS) is 25.6. The third kappa shape index (κ3) is 5.09. The molecule has 1 fully saturated rings. The maximum absolute atomic E-state index is 14.6. The molecule has 0 radical (unpaired) electrons. The quantitative estimate of drug-likeness (QED) is 0.558. The van der Waals surface area contributed by atoms with Gasteiger partial charge in [-0.3, -0.25) is 9.55 Å². The first-order valence-corrected chi connectivity index (χ1v) is 10.0. The monoisotopic (exact) mass is 446 g/mol. The SMILES string of the molecule is [2H]C1([2H])C([2H])([2H])C([2H])([2H])C([2H])(Sc2ncc(COc3cc(C)c(C#CCO)c(F)c3)n2-c2cccnc2)C1([2H])[2H]. The van der Waals surface area contributed by atoms with Gasteiger partial charge in [0, 0.05) is 29.8 Å². The van der Waals surface area contributed by atoms with Crippen molar-refractivity contribution in [3.05, 3.63) is 65.5 Å². The lowest BCUT2D eigenvalue weighted by Crippen LogP contribution is -2.07. The highest BCUT2D eigenvalue weighted by atomic mass is 32.2. The number of ether oxygens (including phenoxy) is 1. The first kappa shape index (κ1) is 12.9. The van der Waals surface area contributed by atoms with Gasteiger partial charge >= 0.3 is 0 Å². The Balaban J connectivity index is 1.74. The second-order valence-electron chi connectivity index (χ2n) is 6.36. The van der Waals surface area contributed by atoms with Gasteiger partial charge in [0.25, 0.3) is 0 Å². The van der Waals surface area contributed by atoms with Crippen LogP contribution in [0.1, 0.15) is 54.6 Å². The fourth-order valence-electron chi connectivity index (χ4n) is 2.89. The van der Waals surface area contributed by atoms with E-state index in [4.69, 9.17) is 22.2 Å². The Labute approximate surface area is 198 Å². The molecule has 0 unspecified atom stereocenters. The van der Waals surface area contributed by atoms with E-state index in [1.807, 2.05) is 0 Å². The van der Waals surface area contributed by atoms with E-state index in [1.54, 1.807) is 25.1 Å². The lowest BCUT2D eigenvalue weighted by atomic mass is 10.1. The number of halogens is 1. The minimum Gasteiger partial charge on any atom is -0.487 e. The molecule has 1 N–H and O–H groups in total. The molecule has 0 aliphatic heterocycles. The Morgan fingerprint density at radius 2 is 2.23 bits per heavy atom. The third-order valence-electron chi connectivity index (χ3n) is 4.25. The summed E-state index contributed by atoms with van der Waals surface area (Å²) in [6.45, 7) is 1.00. The zero-order valence-corrected chi connectivity index (χ0v) is 17.3. The fourth-order valence-corrected chi connectivity index (χ4v) is 3.70. The van der Waals surface area contributed by atoms with E-state index in [2.05, 4.69) is 21.8 Å². The van der Waals surface area contributed by atoms with E-state index in [-0.39, 0.29) is 34.8 Å². The second kappa shape index (κ2) is 9.99. The second-order valence-corrected chi connectivity index (χ2v) is 7.33. The van der Waals surface area contributed by atoms with Gasteiger partial charge in [-0.25, -0.2) is 9.37 Å². The van der Waals surface area contributed by atoms with Crippen molar-refractivity contribution in [3.63, 3.8) is 0 Å². The van der Waals surface area contributed by atoms with Crippen molar-refractivity contribution in [2.45, 2.75) is 49.4 Å². The molecular formula is C24H24FN3O2S. The zero-order valence-electron chi connectivity index (χ0n) is 25.4. The van der Waals surface area contributed by atoms with Crippen LogP contribution in [-0.4, -0.2) is 31.5 Å². The molecule has 0 spiro atoms. The molecule has 0 amide bonds. The van der Waals surface area contributed by atoms with Gasteiger partial charge in [-0.2, -0.15) is 0 Å². The van der Waals surface area contributed by atoms with Crippen molar-refractivity contribution in [2.24, 2.45) is 0 Å². The average molecular weight is 447 g/mol. The number of aliphatic hydroxyl groups is 1. The van der Waals surface area contributed by atoms with Crippen LogP contribution >= 0.6 is 11.8 Å². The van der Waals surface area contributed by atoms with Crippen LogP contribution in [-0.2, 0) is 6.61 Å². The lowest BCUT2D eigenvalue weighted by Gasteiger charge is -2.15. The maximum Gasteiger partial charge on any atom is 0.173 e. The summed E-state index contributed by atoms with van der Waals surface area (Å²) in [6, 6.07) is 5.89. The van der Waals surface area contributed by atoms with E-state index in [9.17, 15) is 4.39 Å². The van der Waals surface area contributed by atoms with Crippen molar-refractivity contribution in [2.75, 3.05) is 6.61 Å². The van der Waals surface area contributed by atoms with Gasteiger partial charge in [-0.05, 0) is 43.4 Å². The van der Waals surface area contributed by atoms with Gasteiger partial charge in [-0.1, -0.05) is 36.3 Å². The molecule has 1 aliphatic carbocycles. The molecule has 2 aromatic heterocycles. The Morgan fingerprint density at radius 3 is 2.94 bits per heavy atom. The number of rotatable bonds is 6. The predicted octanol–water partition coefficient (Wildman–Crippen LogP) is 4.67. The van der Waals surface area contributed by atoms with Crippen LogP contribution in [0, 0.1) is 24.6 Å². The molecule has 2 heterocycles. The molecule has 31 heavy (non-hydrogen) atoms. The first-order chi connectivity index (χ1) is 18.5. The minimum atomic E-state index is -3.34. The van der Waals surface area contributed by atoms with Crippen LogP contribution in [0.3, 0.4) is 0 Å². The predicted molar refractivity (Wildman–Crippen MR) is 119 cm³/mol. The number of aliphatic hydroxyl groups excluding tert-OH is 1. The average Bonchev–Trinajstić information content (AvgIpc) is 3.30. The van der Waals surface area contributed by atoms with Crippen molar-refractivity contribution in [1.82, 2.24) is 14.5 Å². The van der Waals surface area contributed by atoms with Crippen LogP contribution in [0.15, 0.2) is 48.0 Å². The van der Waals surface area contributed by atoms with Crippen LogP contribution < -0.4 is 4.74 Å². The Bertz CT molecular complexity index is 1440. The molecule has 4 rings (SSSR count). The number of aromatic nitrogens is 3. The summed E-state index contributed by atoms with van der Waals surface area (Å²) in [5, 5.41) is 5.76. The summed E-state index contributed by atoms with van der Waals surface area (Å²) < 4.78 is 96.3. The number of aryl methyl sites for hydroxylation is 1. The summed E-state index contributed by atoms with van der Waals surface area (Å²) in [5.41, 5.74) is 1.29. The lowest BCUT2D eigenvalue weighted by molar-refractivity contribution is 0.296. The topological polar surface area (TPSA) is 60.2 Å². The number of imidazole rings is 1. The van der Waals surface area contributed by atoms with Gasteiger partial charge in [0.05, 0.1) is 29.3 Å². The number of hydrogen-bond acceptors (Lipinski definition) is 5. The van der Waals surface area contributed by atoms with E-state index >= 15 is 0 Å². The van der Waals surface area contributed by atoms with Crippen molar-refractivity contribution < 1.29 is 26.6 Å². The Kier molecular flexibility index (Phi) is 4.16. The van der Waals surface area contributed by atoms with Crippen LogP contribution in [0.5, 0.6) is 5.75 Å². The van der Waals surface area contributed by atoms with Gasteiger partial charge in [0.2, 0.25) is 0 Å². The molecule has 1 saturated carbocycles. The number of nitrogens with zero attached hydrogens (tertiary/aromatic N) is 3. The molecule has 5 nitrogen and oxygen atoms in total. The third-order valence-corrected chi connectivity index (χ3v) is 5.13. The summed E-state index contributed by atoms with van der Waals surface area (Å²) in [5.74, 6) is 4.43. The number of benzene rings is 1. The molecule has 7 heteroatoms. The largest absolute Gasteiger partial charge is 0.487 e. The zero-order chi connectivity index (χ0) is 29.7. The Hall–Kier alpha value is -2.82. The minimum absolute atomic E-state index is 0.112. The van der Waals surface area contributed by atoms with Crippen LogP contribution in [0.25, 0.3) is 5.69 Å². The first-order valence-electron chi connectivity index (χ1n) is 13.7. The highest BCUT2D eigenvalue weighted by molar-refractivity contribution is 7.99. The van der Waals surface area contributed by atoms with Crippen LogP contribution in [0.4, 0.5) is 4.39 Å². The van der Waals surface area contributed by atoms with Gasteiger partial charge in [-0.15, -0.1) is 0 Å². The number of pyridine rings is 1. The molecule has 3 aromatic rings. The van der Waals surface area contributed by atoms with Crippen molar-refractivity contribution in [3.8, 4) is 23.3 Å². The van der Waals surface area contributed by atoms with E-state index in [1.165, 1.54) is 23.2 Å². The summed E-state index contributed by atoms with van der Waals surface area (Å²) in [7, 11) is 0. The summed E-state index contributed by atoms with van der Waals surface area (Å²) in [4.78, 5) is 8.28. The van der Waals surface area contributed by atoms with Gasteiger partial charge in [0.15, 0.2) is 5.16 Å². The van der Waals surface area contributed by atoms with E-state index in [0.717, 1.165) is 6.07 Å². The molecule has 0 atom stereocenters. The van der Waals surface area contributed by atoms with Crippen LogP contribution in [0.2, 0.25) is 0 Å². The standard InChI is InChI=1S/C24H24FN3O2S/c1-17-12-20(13-23(25)22(17)9-5-11-29)30-16-19-15-27-24(31-21-7-2-3-8-21)28(19)18-6-4-10-26-14-18/h4,6,10,12-15,21,29H,2-3,7-8,11,16H2,1H3/i2D2,3D2,7D2,8D2,21D. The summed E-state index contributed by atoms with van der Waals surface area (Å²) >= 11 is 0.260. The Morgan fingerprint density at radius 1 is 1.39 bits per heavy atom. The molecule has 0 bridgehead atoms. The highest BCUT2D eigenvalue weighted by Crippen LogP contribution is 2.35. The molecular weight excluding hydrogens is 413 g/mol. The summed E-state index contributed by atoms with van der Waals surface area (Å²) in [6.07, 6.45) is -8.99. The highest BCUT2D eigenvalue weighted by Gasteiger charge is 2.21. The number of hydrogen-bond donors (Lipinski definition) is 1. The van der Waals surface area contributed by atoms with E-state index in [0.29, 0.717) is 16.9 Å². The molecule has 160 valence electrons. The fraction of sp³-hybridized carbons (Fsp3) is 0.333. The van der Waals surface area contributed by atoms with Crippen molar-refractivity contribution >= 4 is 11.8 Å². The van der Waals surface area contributed by atoms with Crippen molar-refractivity contribution in [1.29, 1.82) is 0 Å². The van der Waals surface area contributed by atoms with Gasteiger partial charge < -0.3 is 9.84 Å². The maximum atomic E-state index is 14.6. The number of thioether (sulfide) groups is 1. The molecule has 0 saturated heterocycles. The smallest absolute Gasteiger partial charge is 0.173 e. The molecule has 1 aromatic carbocycles. The molecule has 1 aliphatic rings. The van der Waals surface area contributed by atoms with Gasteiger partial charge in [0.1, 0.15) is 24.8 Å².